The molecule has 1 amide bonds. The highest BCUT2D eigenvalue weighted by Gasteiger charge is 2.34. The van der Waals surface area contributed by atoms with E-state index >= 15 is 0 Å². The van der Waals surface area contributed by atoms with Gasteiger partial charge in [-0.3, -0.25) is 14.6 Å². The Bertz CT molecular complexity index is 1020. The molecule has 0 aromatic carbocycles. The van der Waals surface area contributed by atoms with E-state index in [1.54, 1.807) is 29.8 Å². The third-order valence-corrected chi connectivity index (χ3v) is 4.28. The largest absolute Gasteiger partial charge is 0.435 e. The second-order valence-electron chi connectivity index (χ2n) is 5.42. The summed E-state index contributed by atoms with van der Waals surface area (Å²) >= 11 is 1.13. The van der Waals surface area contributed by atoms with Crippen LogP contribution in [0.4, 0.5) is 18.3 Å². The summed E-state index contributed by atoms with van der Waals surface area (Å²) < 4.78 is 38.8. The predicted molar refractivity (Wildman–Crippen MR) is 92.2 cm³/mol. The van der Waals surface area contributed by atoms with Crippen molar-refractivity contribution in [3.05, 3.63) is 58.0 Å². The van der Waals surface area contributed by atoms with Gasteiger partial charge in [0.05, 0.1) is 5.69 Å². The number of amides is 1. The third-order valence-electron chi connectivity index (χ3n) is 3.52. The minimum absolute atomic E-state index is 0.229. The maximum absolute atomic E-state index is 12.8. The minimum Gasteiger partial charge on any atom is -0.300 e. The normalized spacial score (nSPS) is 12.6. The Kier molecular flexibility index (Phi) is 5.04. The van der Waals surface area contributed by atoms with Crippen LogP contribution in [-0.4, -0.2) is 25.7 Å². The maximum atomic E-state index is 12.8. The zero-order chi connectivity index (χ0) is 19.6. The first kappa shape index (κ1) is 18.7. The second-order valence-corrected chi connectivity index (χ2v) is 6.28. The standard InChI is InChI=1S/C16H12F3N5O2S/c1-9(24-13(25)6-5-12(23-24)16(17,18)19)14(26)22-15-21-11(8-27-15)10-4-2-3-7-20-10/h2-9H,1H3,(H,21,22,26). The number of nitrogens with zero attached hydrogens (tertiary/aromatic N) is 4. The SMILES string of the molecule is CC(C(=O)Nc1nc(-c2ccccn2)cs1)n1nc(C(F)(F)F)ccc1=O. The molecule has 1 N–H and O–H groups in total. The fraction of sp³-hybridized carbons (Fsp3) is 0.188. The Morgan fingerprint density at radius 3 is 2.67 bits per heavy atom. The molecule has 0 aliphatic carbocycles. The van der Waals surface area contributed by atoms with E-state index in [1.807, 2.05) is 0 Å². The summed E-state index contributed by atoms with van der Waals surface area (Å²) in [6.07, 6.45) is -3.13. The van der Waals surface area contributed by atoms with Gasteiger partial charge in [-0.25, -0.2) is 9.67 Å². The average Bonchev–Trinajstić information content (AvgIpc) is 3.09. The van der Waals surface area contributed by atoms with Crippen molar-refractivity contribution >= 4 is 22.4 Å². The monoisotopic (exact) mass is 395 g/mol. The van der Waals surface area contributed by atoms with Gasteiger partial charge in [0.15, 0.2) is 10.8 Å². The van der Waals surface area contributed by atoms with Crippen molar-refractivity contribution in [1.82, 2.24) is 19.7 Å². The quantitative estimate of drug-likeness (QED) is 0.734. The van der Waals surface area contributed by atoms with Crippen molar-refractivity contribution in [2.24, 2.45) is 0 Å². The van der Waals surface area contributed by atoms with Crippen molar-refractivity contribution in [2.45, 2.75) is 19.1 Å². The average molecular weight is 395 g/mol. The highest BCUT2D eigenvalue weighted by atomic mass is 32.1. The van der Waals surface area contributed by atoms with Gasteiger partial charge in [0.1, 0.15) is 11.7 Å². The number of thiazole rings is 1. The number of carbonyl (C=O) groups excluding carboxylic acids is 1. The molecule has 0 bridgehead atoms. The first-order chi connectivity index (χ1) is 12.8. The van der Waals surface area contributed by atoms with E-state index in [4.69, 9.17) is 0 Å². The molecule has 11 heteroatoms. The Hall–Kier alpha value is -3.08. The Labute approximate surface area is 154 Å². The number of carbonyl (C=O) groups is 1. The van der Waals surface area contributed by atoms with E-state index in [0.717, 1.165) is 17.4 Å². The van der Waals surface area contributed by atoms with E-state index in [0.29, 0.717) is 22.1 Å². The molecule has 3 heterocycles. The molecule has 140 valence electrons. The molecule has 1 atom stereocenters. The molecule has 3 rings (SSSR count). The predicted octanol–water partition coefficient (Wildman–Crippen LogP) is 2.98. The summed E-state index contributed by atoms with van der Waals surface area (Å²) in [5, 5.41) is 7.63. The van der Waals surface area contributed by atoms with Crippen molar-refractivity contribution in [1.29, 1.82) is 0 Å². The van der Waals surface area contributed by atoms with Crippen LogP contribution < -0.4 is 10.9 Å². The smallest absolute Gasteiger partial charge is 0.300 e. The summed E-state index contributed by atoms with van der Waals surface area (Å²) in [6, 6.07) is 5.32. The molecule has 27 heavy (non-hydrogen) atoms. The second kappa shape index (κ2) is 7.27. The molecular formula is C16H12F3N5O2S. The number of nitrogens with one attached hydrogen (secondary N) is 1. The van der Waals surface area contributed by atoms with Crippen molar-refractivity contribution in [3.8, 4) is 11.4 Å². The summed E-state index contributed by atoms with van der Waals surface area (Å²) in [5.41, 5.74) is -0.927. The molecule has 0 radical (unpaired) electrons. The summed E-state index contributed by atoms with van der Waals surface area (Å²) in [5.74, 6) is -0.717. The lowest BCUT2D eigenvalue weighted by Crippen LogP contribution is -2.34. The van der Waals surface area contributed by atoms with Gasteiger partial charge in [-0.1, -0.05) is 6.07 Å². The summed E-state index contributed by atoms with van der Waals surface area (Å²) in [7, 11) is 0. The lowest BCUT2D eigenvalue weighted by atomic mass is 10.3. The van der Waals surface area contributed by atoms with Crippen LogP contribution in [0.1, 0.15) is 18.7 Å². The van der Waals surface area contributed by atoms with E-state index in [9.17, 15) is 22.8 Å². The molecule has 0 fully saturated rings. The van der Waals surface area contributed by atoms with E-state index in [1.165, 1.54) is 6.92 Å². The molecule has 0 saturated heterocycles. The van der Waals surface area contributed by atoms with Crippen molar-refractivity contribution in [3.63, 3.8) is 0 Å². The van der Waals surface area contributed by atoms with Crippen LogP contribution in [0, 0.1) is 0 Å². The molecule has 0 saturated carbocycles. The van der Waals surface area contributed by atoms with Gasteiger partial charge in [-0.05, 0) is 25.1 Å². The summed E-state index contributed by atoms with van der Waals surface area (Å²) in [6.45, 7) is 1.27. The van der Waals surface area contributed by atoms with Gasteiger partial charge >= 0.3 is 6.18 Å². The molecule has 1 unspecified atom stereocenters. The zero-order valence-corrected chi connectivity index (χ0v) is 14.6. The molecule has 7 nitrogen and oxygen atoms in total. The number of halogens is 3. The number of rotatable bonds is 4. The number of aromatic nitrogens is 4. The van der Waals surface area contributed by atoms with Crippen LogP contribution in [0.5, 0.6) is 0 Å². The number of hydrogen-bond acceptors (Lipinski definition) is 6. The van der Waals surface area contributed by atoms with Gasteiger partial charge in [0.2, 0.25) is 0 Å². The Morgan fingerprint density at radius 2 is 2.00 bits per heavy atom. The van der Waals surface area contributed by atoms with Crippen LogP contribution in [-0.2, 0) is 11.0 Å². The topological polar surface area (TPSA) is 89.8 Å². The summed E-state index contributed by atoms with van der Waals surface area (Å²) in [4.78, 5) is 32.5. The number of alkyl halides is 3. The number of hydrogen-bond donors (Lipinski definition) is 1. The van der Waals surface area contributed by atoms with Crippen LogP contribution in [0.15, 0.2) is 46.7 Å². The Balaban J connectivity index is 1.79. The number of anilines is 1. The van der Waals surface area contributed by atoms with Gasteiger partial charge in [0, 0.05) is 17.6 Å². The van der Waals surface area contributed by atoms with Gasteiger partial charge in [-0.2, -0.15) is 18.3 Å². The van der Waals surface area contributed by atoms with Gasteiger partial charge < -0.3 is 5.32 Å². The lowest BCUT2D eigenvalue weighted by Gasteiger charge is -2.14. The Morgan fingerprint density at radius 1 is 1.22 bits per heavy atom. The van der Waals surface area contributed by atoms with Gasteiger partial charge in [0.25, 0.3) is 11.5 Å². The first-order valence-electron chi connectivity index (χ1n) is 7.60. The molecular weight excluding hydrogens is 383 g/mol. The minimum atomic E-state index is -4.72. The molecule has 0 aliphatic rings. The third kappa shape index (κ3) is 4.19. The van der Waals surface area contributed by atoms with Crippen LogP contribution >= 0.6 is 11.3 Å². The highest BCUT2D eigenvalue weighted by Crippen LogP contribution is 2.27. The molecule has 3 aromatic rings. The van der Waals surface area contributed by atoms with E-state index in [-0.39, 0.29) is 5.13 Å². The van der Waals surface area contributed by atoms with Crippen molar-refractivity contribution < 1.29 is 18.0 Å². The molecule has 0 spiro atoms. The van der Waals surface area contributed by atoms with E-state index in [2.05, 4.69) is 20.4 Å². The highest BCUT2D eigenvalue weighted by molar-refractivity contribution is 7.14. The first-order valence-corrected chi connectivity index (χ1v) is 8.48. The van der Waals surface area contributed by atoms with Gasteiger partial charge in [-0.15, -0.1) is 11.3 Å². The van der Waals surface area contributed by atoms with Crippen LogP contribution in [0.2, 0.25) is 0 Å². The number of pyridine rings is 1. The maximum Gasteiger partial charge on any atom is 0.435 e. The van der Waals surface area contributed by atoms with Crippen LogP contribution in [0.3, 0.4) is 0 Å². The van der Waals surface area contributed by atoms with E-state index < -0.39 is 29.4 Å². The van der Waals surface area contributed by atoms with Crippen molar-refractivity contribution in [2.75, 3.05) is 5.32 Å². The van der Waals surface area contributed by atoms with Crippen LogP contribution in [0.25, 0.3) is 11.4 Å². The zero-order valence-electron chi connectivity index (χ0n) is 13.8. The fourth-order valence-electron chi connectivity index (χ4n) is 2.14. The molecule has 3 aromatic heterocycles. The lowest BCUT2D eigenvalue weighted by molar-refractivity contribution is -0.142. The fourth-order valence-corrected chi connectivity index (χ4v) is 2.85. The molecule has 0 aliphatic heterocycles.